The van der Waals surface area contributed by atoms with E-state index in [1.165, 1.54) is 0 Å². The third-order valence-electron chi connectivity index (χ3n) is 6.97. The zero-order valence-electron chi connectivity index (χ0n) is 18.4. The van der Waals surface area contributed by atoms with Gasteiger partial charge >= 0.3 is 0 Å². The lowest BCUT2D eigenvalue weighted by atomic mass is 9.83. The minimum Gasteiger partial charge on any atom is -0.393 e. The lowest BCUT2D eigenvalue weighted by Crippen LogP contribution is -2.43. The molecule has 8 nitrogen and oxygen atoms in total. The van der Waals surface area contributed by atoms with Crippen molar-refractivity contribution in [2.45, 2.75) is 60.2 Å². The number of nitrogens with zero attached hydrogens (tertiary/aromatic N) is 2. The highest BCUT2D eigenvalue weighted by Crippen LogP contribution is 2.33. The molecule has 1 aromatic heterocycles. The fourth-order valence-electron chi connectivity index (χ4n) is 5.14. The van der Waals surface area contributed by atoms with E-state index < -0.39 is 9.84 Å². The molecule has 174 valence electrons. The first-order valence-electron chi connectivity index (χ1n) is 11.3. The summed E-state index contributed by atoms with van der Waals surface area (Å²) in [6.07, 6.45) is 4.50. The predicted octanol–water partition coefficient (Wildman–Crippen LogP) is 1.91. The number of carbonyl (C=O) groups is 1. The van der Waals surface area contributed by atoms with Gasteiger partial charge in [0.1, 0.15) is 0 Å². The van der Waals surface area contributed by atoms with Crippen LogP contribution in [0.25, 0.3) is 10.9 Å². The summed E-state index contributed by atoms with van der Waals surface area (Å²) >= 11 is 0. The molecule has 33 heavy (non-hydrogen) atoms. The monoisotopic (exact) mass is 468 g/mol. The van der Waals surface area contributed by atoms with Gasteiger partial charge in [0.15, 0.2) is 0 Å². The number of carbonyl (C=O) groups excluding carboxylic acids is 1. The van der Waals surface area contributed by atoms with Gasteiger partial charge in [-0.25, -0.2) is 8.42 Å². The van der Waals surface area contributed by atoms with Crippen LogP contribution < -0.4 is 10.6 Å². The summed E-state index contributed by atoms with van der Waals surface area (Å²) in [5.74, 6) is 0.289. The highest BCUT2D eigenvalue weighted by atomic mass is 32.2. The van der Waals surface area contributed by atoms with E-state index >= 15 is 0 Å². The number of fused-ring (bicyclic) bond motifs is 2. The van der Waals surface area contributed by atoms with Crippen molar-refractivity contribution in [3.8, 4) is 0 Å². The average Bonchev–Trinajstić information content (AvgIpc) is 3.41. The Labute approximate surface area is 192 Å². The minimum atomic E-state index is -3.70. The average molecular weight is 469 g/mol. The molecule has 4 unspecified atom stereocenters. The largest absolute Gasteiger partial charge is 0.393 e. The molecule has 3 aromatic rings. The van der Waals surface area contributed by atoms with Crippen molar-refractivity contribution < 1.29 is 18.3 Å². The van der Waals surface area contributed by atoms with Gasteiger partial charge in [0.05, 0.1) is 33.7 Å². The Kier molecular flexibility index (Phi) is 5.72. The Morgan fingerprint density at radius 2 is 1.97 bits per heavy atom. The van der Waals surface area contributed by atoms with Crippen molar-refractivity contribution >= 4 is 26.6 Å². The third-order valence-corrected chi connectivity index (χ3v) is 8.79. The molecule has 1 aliphatic carbocycles. The quantitative estimate of drug-likeness (QED) is 0.527. The molecule has 1 saturated heterocycles. The highest BCUT2D eigenvalue weighted by molar-refractivity contribution is 7.91. The fourth-order valence-corrected chi connectivity index (χ4v) is 6.59. The highest BCUT2D eigenvalue weighted by Gasteiger charge is 2.40. The molecule has 9 heteroatoms. The molecule has 0 spiro atoms. The normalized spacial score (nSPS) is 25.2. The first-order chi connectivity index (χ1) is 15.8. The number of aromatic nitrogens is 2. The number of benzene rings is 2. The van der Waals surface area contributed by atoms with Gasteiger partial charge in [0.2, 0.25) is 15.7 Å². The number of aliphatic hydroxyl groups is 1. The van der Waals surface area contributed by atoms with Gasteiger partial charge in [-0.1, -0.05) is 18.2 Å². The molecule has 2 aromatic carbocycles. The van der Waals surface area contributed by atoms with Crippen molar-refractivity contribution in [3.05, 3.63) is 54.2 Å². The summed E-state index contributed by atoms with van der Waals surface area (Å²) < 4.78 is 28.1. The van der Waals surface area contributed by atoms with Crippen molar-refractivity contribution in [2.75, 3.05) is 0 Å². The SMILES string of the molecule is Cn1ncc2c(S(=O)(=O)c3ccc(CNC(=O)C4CC5CC(O)CCC5N4)cc3)cccc21. The summed E-state index contributed by atoms with van der Waals surface area (Å²) in [6, 6.07) is 11.8. The van der Waals surface area contributed by atoms with Crippen LogP contribution in [-0.2, 0) is 28.2 Å². The Morgan fingerprint density at radius 3 is 2.76 bits per heavy atom. The van der Waals surface area contributed by atoms with Crippen molar-refractivity contribution in [1.82, 2.24) is 20.4 Å². The smallest absolute Gasteiger partial charge is 0.237 e. The first kappa shape index (κ1) is 22.1. The van der Waals surface area contributed by atoms with Crippen molar-refractivity contribution in [1.29, 1.82) is 0 Å². The molecule has 2 fully saturated rings. The molecular formula is C24H28N4O4S. The molecule has 1 amide bonds. The standard InChI is InChI=1S/C24H28N4O4S/c1-28-22-3-2-4-23(19(22)14-26-28)33(31,32)18-8-5-15(6-9-18)13-25-24(30)21-12-16-11-17(29)7-10-20(16)27-21/h2-6,8-9,14,16-17,20-21,27,29H,7,10-13H2,1H3,(H,25,30). The van der Waals surface area contributed by atoms with Gasteiger partial charge in [-0.15, -0.1) is 0 Å². The van der Waals surface area contributed by atoms with E-state index in [4.69, 9.17) is 0 Å². The van der Waals surface area contributed by atoms with Crippen LogP contribution >= 0.6 is 0 Å². The van der Waals surface area contributed by atoms with Crippen molar-refractivity contribution in [2.24, 2.45) is 13.0 Å². The fraction of sp³-hybridized carbons (Fsp3) is 0.417. The second-order valence-electron chi connectivity index (χ2n) is 9.11. The van der Waals surface area contributed by atoms with Crippen LogP contribution in [0.5, 0.6) is 0 Å². The second kappa shape index (κ2) is 8.55. The van der Waals surface area contributed by atoms with Gasteiger partial charge < -0.3 is 15.7 Å². The maximum atomic E-state index is 13.2. The van der Waals surface area contributed by atoms with Gasteiger partial charge in [-0.3, -0.25) is 9.48 Å². The van der Waals surface area contributed by atoms with E-state index in [1.807, 2.05) is 6.07 Å². The van der Waals surface area contributed by atoms with Crippen LogP contribution in [0.3, 0.4) is 0 Å². The summed E-state index contributed by atoms with van der Waals surface area (Å²) in [5, 5.41) is 21.0. The predicted molar refractivity (Wildman–Crippen MR) is 123 cm³/mol. The zero-order valence-corrected chi connectivity index (χ0v) is 19.3. The van der Waals surface area contributed by atoms with E-state index in [9.17, 15) is 18.3 Å². The van der Waals surface area contributed by atoms with E-state index in [-0.39, 0.29) is 27.8 Å². The molecule has 4 atom stereocenters. The van der Waals surface area contributed by atoms with Gasteiger partial charge in [0, 0.05) is 25.0 Å². The van der Waals surface area contributed by atoms with E-state index in [1.54, 1.807) is 54.3 Å². The molecule has 5 rings (SSSR count). The Morgan fingerprint density at radius 1 is 1.18 bits per heavy atom. The van der Waals surface area contributed by atoms with Crippen LogP contribution in [0.15, 0.2) is 58.5 Å². The third kappa shape index (κ3) is 4.16. The maximum absolute atomic E-state index is 13.2. The Balaban J connectivity index is 1.25. The van der Waals surface area contributed by atoms with Crippen LogP contribution in [0.2, 0.25) is 0 Å². The molecule has 0 bridgehead atoms. The van der Waals surface area contributed by atoms with E-state index in [0.717, 1.165) is 36.8 Å². The molecule has 2 aliphatic rings. The van der Waals surface area contributed by atoms with Crippen LogP contribution in [-0.4, -0.2) is 47.4 Å². The lowest BCUT2D eigenvalue weighted by molar-refractivity contribution is -0.123. The first-order valence-corrected chi connectivity index (χ1v) is 12.8. The molecular weight excluding hydrogens is 440 g/mol. The lowest BCUT2D eigenvalue weighted by Gasteiger charge is -2.28. The molecule has 2 heterocycles. The molecule has 1 aliphatic heterocycles. The minimum absolute atomic E-state index is 0.0566. The van der Waals surface area contributed by atoms with Crippen LogP contribution in [0.4, 0.5) is 0 Å². The number of rotatable bonds is 5. The topological polar surface area (TPSA) is 113 Å². The summed E-state index contributed by atoms with van der Waals surface area (Å²) in [5.41, 5.74) is 1.58. The van der Waals surface area contributed by atoms with Crippen molar-refractivity contribution in [3.63, 3.8) is 0 Å². The zero-order chi connectivity index (χ0) is 23.2. The number of hydrogen-bond donors (Lipinski definition) is 3. The number of amides is 1. The Bertz CT molecular complexity index is 1290. The Hall–Kier alpha value is -2.75. The molecule has 0 radical (unpaired) electrons. The number of aliphatic hydroxyl groups excluding tert-OH is 1. The van der Waals surface area contributed by atoms with Crippen LogP contribution in [0, 0.1) is 5.92 Å². The number of aryl methyl sites for hydroxylation is 1. The van der Waals surface area contributed by atoms with Gasteiger partial charge in [-0.2, -0.15) is 5.10 Å². The summed E-state index contributed by atoms with van der Waals surface area (Å²) in [4.78, 5) is 13.1. The molecule has 3 N–H and O–H groups in total. The number of hydrogen-bond acceptors (Lipinski definition) is 6. The summed E-state index contributed by atoms with van der Waals surface area (Å²) in [6.45, 7) is 0.327. The van der Waals surface area contributed by atoms with Gasteiger partial charge in [-0.05, 0) is 61.4 Å². The second-order valence-corrected chi connectivity index (χ2v) is 11.0. The number of sulfone groups is 1. The van der Waals surface area contributed by atoms with E-state index in [0.29, 0.717) is 23.9 Å². The van der Waals surface area contributed by atoms with Crippen LogP contribution in [0.1, 0.15) is 31.2 Å². The van der Waals surface area contributed by atoms with Gasteiger partial charge in [0.25, 0.3) is 0 Å². The van der Waals surface area contributed by atoms with E-state index in [2.05, 4.69) is 15.7 Å². The number of nitrogens with one attached hydrogen (secondary N) is 2. The summed E-state index contributed by atoms with van der Waals surface area (Å²) in [7, 11) is -1.92. The maximum Gasteiger partial charge on any atom is 0.237 e. The molecule has 1 saturated carbocycles.